The topological polar surface area (TPSA) is 312 Å². The molecule has 252 valence electrons. The van der Waals surface area contributed by atoms with E-state index in [2.05, 4.69) is 31.2 Å². The Morgan fingerprint density at radius 2 is 1.37 bits per heavy atom. The van der Waals surface area contributed by atoms with Crippen LogP contribution < -0.4 is 32.7 Å². The van der Waals surface area contributed by atoms with Gasteiger partial charge >= 0.3 is 11.9 Å². The zero-order chi connectivity index (χ0) is 34.2. The van der Waals surface area contributed by atoms with Crippen molar-refractivity contribution in [1.82, 2.24) is 31.2 Å². The summed E-state index contributed by atoms with van der Waals surface area (Å²) in [4.78, 5) is 82.2. The van der Waals surface area contributed by atoms with E-state index in [1.54, 1.807) is 0 Å². The minimum absolute atomic E-state index is 0.0750. The average Bonchev–Trinajstić information content (AvgIpc) is 3.52. The van der Waals surface area contributed by atoms with Gasteiger partial charge in [0.05, 0.1) is 25.4 Å². The van der Waals surface area contributed by atoms with Crippen molar-refractivity contribution in [2.75, 3.05) is 13.2 Å². The fourth-order valence-electron chi connectivity index (χ4n) is 4.21. The van der Waals surface area contributed by atoms with Gasteiger partial charge in [0.15, 0.2) is 0 Å². The highest BCUT2D eigenvalue weighted by Gasteiger charge is 2.33. The van der Waals surface area contributed by atoms with Crippen molar-refractivity contribution < 1.29 is 49.2 Å². The fourth-order valence-corrected chi connectivity index (χ4v) is 4.21. The number of hydrogen-bond donors (Lipinski definition) is 11. The van der Waals surface area contributed by atoms with Gasteiger partial charge < -0.3 is 58.1 Å². The van der Waals surface area contributed by atoms with Crippen molar-refractivity contribution in [2.24, 2.45) is 11.5 Å². The van der Waals surface area contributed by atoms with Crippen LogP contribution in [0.5, 0.6) is 5.75 Å². The van der Waals surface area contributed by atoms with E-state index in [0.29, 0.717) is 30.6 Å². The SMILES string of the molecule is NCCCC[C@H](N)C(=O)N[C@@H](CC(=O)O)C(=O)N[C@@H](Cc1ccc(O)cc1)C(=O)N[C@@H](Cc1cnc[nH]1)C(=O)N[C@@H](CO)C(=O)O. The van der Waals surface area contributed by atoms with E-state index in [1.165, 1.54) is 36.8 Å². The number of amides is 4. The zero-order valence-electron chi connectivity index (χ0n) is 24.8. The fraction of sp³-hybridized carbons (Fsp3) is 0.464. The molecule has 46 heavy (non-hydrogen) atoms. The van der Waals surface area contributed by atoms with Crippen LogP contribution in [0.15, 0.2) is 36.8 Å². The number of benzene rings is 1. The van der Waals surface area contributed by atoms with Crippen LogP contribution in [0.25, 0.3) is 0 Å². The van der Waals surface area contributed by atoms with E-state index in [0.717, 1.165) is 0 Å². The molecule has 0 unspecified atom stereocenters. The quantitative estimate of drug-likeness (QED) is 0.0633. The Morgan fingerprint density at radius 1 is 0.804 bits per heavy atom. The number of rotatable bonds is 20. The number of phenolic OH excluding ortho intramolecular Hbond substituents is 1. The number of aromatic nitrogens is 2. The number of H-pyrrole nitrogens is 1. The van der Waals surface area contributed by atoms with Gasteiger partial charge in [-0.15, -0.1) is 0 Å². The van der Waals surface area contributed by atoms with E-state index < -0.39 is 78.8 Å². The lowest BCUT2D eigenvalue weighted by Gasteiger charge is -2.26. The number of aliphatic hydroxyl groups excluding tert-OH is 1. The van der Waals surface area contributed by atoms with Gasteiger partial charge in [-0.1, -0.05) is 18.6 Å². The minimum atomic E-state index is -1.68. The standard InChI is InChI=1S/C28H40N8O10/c29-8-2-1-3-18(30)24(41)33-21(11-23(39)40)27(44)34-19(9-15-4-6-17(38)7-5-15)25(42)35-20(10-16-12-31-14-32-16)26(43)36-22(13-37)28(45)46/h4-7,12,14,18-22,37-38H,1-3,8-11,13,29-30H2,(H,31,32)(H,33,41)(H,34,44)(H,35,42)(H,36,43)(H,39,40)(H,45,46)/t18-,19-,20-,21-,22-/m0/s1. The summed E-state index contributed by atoms with van der Waals surface area (Å²) in [7, 11) is 0. The number of aliphatic carboxylic acids is 2. The highest BCUT2D eigenvalue weighted by Crippen LogP contribution is 2.12. The summed E-state index contributed by atoms with van der Waals surface area (Å²) in [6.45, 7) is -0.548. The molecule has 0 saturated carbocycles. The molecule has 2 rings (SSSR count). The lowest BCUT2D eigenvalue weighted by Crippen LogP contribution is -2.59. The Labute approximate surface area is 263 Å². The van der Waals surface area contributed by atoms with Gasteiger partial charge in [-0.25, -0.2) is 9.78 Å². The highest BCUT2D eigenvalue weighted by molar-refractivity contribution is 5.96. The number of carboxylic acid groups (broad SMARTS) is 2. The number of aliphatic hydroxyl groups is 1. The number of unbranched alkanes of at least 4 members (excludes halogenated alkanes) is 1. The van der Waals surface area contributed by atoms with Crippen LogP contribution in [-0.2, 0) is 41.6 Å². The summed E-state index contributed by atoms with van der Waals surface area (Å²) < 4.78 is 0. The second-order valence-electron chi connectivity index (χ2n) is 10.4. The first-order valence-electron chi connectivity index (χ1n) is 14.3. The molecule has 0 aliphatic carbocycles. The third kappa shape index (κ3) is 12.5. The van der Waals surface area contributed by atoms with Crippen LogP contribution in [-0.4, -0.2) is 109 Å². The smallest absolute Gasteiger partial charge is 0.328 e. The van der Waals surface area contributed by atoms with Gasteiger partial charge in [-0.05, 0) is 37.1 Å². The molecule has 0 spiro atoms. The van der Waals surface area contributed by atoms with E-state index in [4.69, 9.17) is 11.5 Å². The normalized spacial score (nSPS) is 14.2. The average molecular weight is 649 g/mol. The maximum atomic E-state index is 13.6. The number of carbonyl (C=O) groups excluding carboxylic acids is 4. The van der Waals surface area contributed by atoms with Gasteiger partial charge in [-0.2, -0.15) is 0 Å². The minimum Gasteiger partial charge on any atom is -0.508 e. The van der Waals surface area contributed by atoms with Crippen LogP contribution in [0.2, 0.25) is 0 Å². The first-order chi connectivity index (χ1) is 21.8. The summed E-state index contributed by atoms with van der Waals surface area (Å²) in [6, 6.07) is -1.66. The van der Waals surface area contributed by atoms with Crippen molar-refractivity contribution in [1.29, 1.82) is 0 Å². The van der Waals surface area contributed by atoms with E-state index in [-0.39, 0.29) is 25.0 Å². The van der Waals surface area contributed by atoms with E-state index in [1.807, 2.05) is 0 Å². The number of carboxylic acids is 2. The molecule has 1 aromatic carbocycles. The molecule has 0 aliphatic rings. The molecule has 0 aliphatic heterocycles. The van der Waals surface area contributed by atoms with Gasteiger partial charge in [0, 0.05) is 24.7 Å². The largest absolute Gasteiger partial charge is 0.508 e. The maximum absolute atomic E-state index is 13.6. The number of nitrogens with two attached hydrogens (primary N) is 2. The number of phenols is 1. The molecule has 4 amide bonds. The number of aromatic amines is 1. The van der Waals surface area contributed by atoms with Crippen LogP contribution in [0.3, 0.4) is 0 Å². The van der Waals surface area contributed by atoms with Crippen LogP contribution in [0.4, 0.5) is 0 Å². The Morgan fingerprint density at radius 3 is 1.89 bits per heavy atom. The third-order valence-electron chi connectivity index (χ3n) is 6.74. The molecule has 2 aromatic rings. The van der Waals surface area contributed by atoms with Gasteiger partial charge in [0.25, 0.3) is 0 Å². The molecular formula is C28H40N8O10. The van der Waals surface area contributed by atoms with Gasteiger partial charge in [0.2, 0.25) is 23.6 Å². The van der Waals surface area contributed by atoms with Crippen molar-refractivity contribution in [3.63, 3.8) is 0 Å². The molecular weight excluding hydrogens is 608 g/mol. The second kappa shape index (κ2) is 18.7. The number of hydrogen-bond acceptors (Lipinski definition) is 11. The molecule has 0 fully saturated rings. The predicted molar refractivity (Wildman–Crippen MR) is 160 cm³/mol. The van der Waals surface area contributed by atoms with E-state index >= 15 is 0 Å². The van der Waals surface area contributed by atoms with Gasteiger partial charge in [0.1, 0.15) is 29.9 Å². The summed E-state index contributed by atoms with van der Waals surface area (Å²) in [5.41, 5.74) is 12.2. The molecule has 18 heteroatoms. The summed E-state index contributed by atoms with van der Waals surface area (Å²) in [5, 5.41) is 47.0. The van der Waals surface area contributed by atoms with Crippen LogP contribution in [0, 0.1) is 0 Å². The molecule has 1 aromatic heterocycles. The molecule has 13 N–H and O–H groups in total. The maximum Gasteiger partial charge on any atom is 0.328 e. The number of imidazole rings is 1. The lowest BCUT2D eigenvalue weighted by atomic mass is 10.0. The Balaban J connectivity index is 2.33. The second-order valence-corrected chi connectivity index (χ2v) is 10.4. The monoisotopic (exact) mass is 648 g/mol. The first-order valence-corrected chi connectivity index (χ1v) is 14.3. The first kappa shape index (κ1) is 37.1. The van der Waals surface area contributed by atoms with Crippen molar-refractivity contribution in [2.45, 2.75) is 68.7 Å². The zero-order valence-corrected chi connectivity index (χ0v) is 24.8. The number of aromatic hydroxyl groups is 1. The van der Waals surface area contributed by atoms with Crippen LogP contribution >= 0.6 is 0 Å². The molecule has 5 atom stereocenters. The van der Waals surface area contributed by atoms with E-state index in [9.17, 15) is 49.2 Å². The molecule has 0 bridgehead atoms. The predicted octanol–water partition coefficient (Wildman–Crippen LogP) is -3.15. The summed E-state index contributed by atoms with van der Waals surface area (Å²) in [6.07, 6.45) is 2.78. The van der Waals surface area contributed by atoms with Crippen molar-refractivity contribution >= 4 is 35.6 Å². The molecule has 1 heterocycles. The summed E-state index contributed by atoms with van der Waals surface area (Å²) >= 11 is 0. The summed E-state index contributed by atoms with van der Waals surface area (Å²) in [5.74, 6) is -6.75. The van der Waals surface area contributed by atoms with Gasteiger partial charge in [-0.3, -0.25) is 24.0 Å². The van der Waals surface area contributed by atoms with Crippen LogP contribution in [0.1, 0.15) is 36.9 Å². The number of carbonyl (C=O) groups is 6. The third-order valence-corrected chi connectivity index (χ3v) is 6.74. The van der Waals surface area contributed by atoms with Crippen molar-refractivity contribution in [3.8, 4) is 5.75 Å². The molecule has 0 saturated heterocycles. The highest BCUT2D eigenvalue weighted by atomic mass is 16.4. The Hall–Kier alpha value is -5.07. The molecule has 0 radical (unpaired) electrons. The lowest BCUT2D eigenvalue weighted by molar-refractivity contribution is -0.143. The Bertz CT molecular complexity index is 1320. The Kier molecular flexibility index (Phi) is 15.1. The van der Waals surface area contributed by atoms with Crippen molar-refractivity contribution in [3.05, 3.63) is 48.0 Å². The number of nitrogens with one attached hydrogen (secondary N) is 5. The molecule has 18 nitrogen and oxygen atoms in total. The number of nitrogens with zero attached hydrogens (tertiary/aromatic N) is 1.